The standard InChI is InChI=1S/C22H17BrFN3O4S/c1-27-20(28)22(26-21(27)25,15-10-11-19(24)18(23)13-15)14-6-5-7-16(12-14)31-32(29,30)17-8-3-2-4-9-17/h2-13H,1H3,(H2,25,26). The third-order valence-corrected chi connectivity index (χ3v) is 6.94. The van der Waals surface area contributed by atoms with Crippen LogP contribution in [0, 0.1) is 5.82 Å². The first-order valence-electron chi connectivity index (χ1n) is 9.34. The van der Waals surface area contributed by atoms with Crippen LogP contribution in [-0.4, -0.2) is 32.2 Å². The van der Waals surface area contributed by atoms with Crippen LogP contribution in [0.25, 0.3) is 0 Å². The molecule has 1 unspecified atom stereocenters. The summed E-state index contributed by atoms with van der Waals surface area (Å²) in [6.07, 6.45) is 0. The first kappa shape index (κ1) is 22.0. The van der Waals surface area contributed by atoms with Crippen LogP contribution in [0.3, 0.4) is 0 Å². The Morgan fingerprint density at radius 1 is 1.03 bits per heavy atom. The van der Waals surface area contributed by atoms with Gasteiger partial charge in [0, 0.05) is 7.05 Å². The number of carbonyl (C=O) groups excluding carboxylic acids is 1. The van der Waals surface area contributed by atoms with E-state index in [1.54, 1.807) is 30.3 Å². The van der Waals surface area contributed by atoms with E-state index in [-0.39, 0.29) is 21.1 Å². The van der Waals surface area contributed by atoms with Crippen molar-refractivity contribution < 1.29 is 21.8 Å². The first-order valence-corrected chi connectivity index (χ1v) is 11.5. The number of nitrogens with zero attached hydrogens (tertiary/aromatic N) is 2. The summed E-state index contributed by atoms with van der Waals surface area (Å²) < 4.78 is 44.6. The Bertz CT molecular complexity index is 1350. The highest BCUT2D eigenvalue weighted by molar-refractivity contribution is 9.10. The Labute approximate surface area is 192 Å². The number of guanidine groups is 1. The molecule has 164 valence electrons. The van der Waals surface area contributed by atoms with E-state index in [9.17, 15) is 17.6 Å². The average Bonchev–Trinajstić information content (AvgIpc) is 3.01. The summed E-state index contributed by atoms with van der Waals surface area (Å²) in [4.78, 5) is 18.9. The largest absolute Gasteiger partial charge is 0.379 e. The van der Waals surface area contributed by atoms with Gasteiger partial charge in [0.2, 0.25) is 0 Å². The van der Waals surface area contributed by atoms with Crippen molar-refractivity contribution >= 4 is 37.9 Å². The van der Waals surface area contributed by atoms with Crippen LogP contribution in [0.1, 0.15) is 11.1 Å². The van der Waals surface area contributed by atoms with Gasteiger partial charge in [-0.15, -0.1) is 0 Å². The van der Waals surface area contributed by atoms with Gasteiger partial charge < -0.3 is 9.92 Å². The lowest BCUT2D eigenvalue weighted by molar-refractivity contribution is -0.129. The molecule has 0 spiro atoms. The predicted molar refractivity (Wildman–Crippen MR) is 120 cm³/mol. The number of carbonyl (C=O) groups is 1. The second-order valence-electron chi connectivity index (χ2n) is 7.05. The zero-order chi connectivity index (χ0) is 23.1. The summed E-state index contributed by atoms with van der Waals surface area (Å²) in [5.74, 6) is -1.02. The molecule has 1 atom stereocenters. The molecule has 3 aromatic rings. The van der Waals surface area contributed by atoms with Crippen molar-refractivity contribution in [3.63, 3.8) is 0 Å². The molecule has 0 radical (unpaired) electrons. The third kappa shape index (κ3) is 3.65. The molecule has 0 bridgehead atoms. The SMILES string of the molecule is CN1C(=O)C(c2cccc(OS(=O)(=O)c3ccccc3)c2)(c2ccc(F)c(Br)c2)N=C1N. The van der Waals surface area contributed by atoms with Crippen molar-refractivity contribution in [3.05, 3.63) is 94.2 Å². The molecule has 32 heavy (non-hydrogen) atoms. The number of nitrogens with two attached hydrogens (primary N) is 1. The average molecular weight is 518 g/mol. The molecule has 10 heteroatoms. The maximum Gasteiger partial charge on any atom is 0.339 e. The molecule has 2 N–H and O–H groups in total. The Kier molecular flexibility index (Phi) is 5.51. The quantitative estimate of drug-likeness (QED) is 0.522. The highest BCUT2D eigenvalue weighted by Crippen LogP contribution is 2.41. The number of amides is 1. The van der Waals surface area contributed by atoms with Crippen molar-refractivity contribution in [1.82, 2.24) is 4.90 Å². The summed E-state index contributed by atoms with van der Waals surface area (Å²) in [5, 5.41) is 0. The van der Waals surface area contributed by atoms with Gasteiger partial charge >= 0.3 is 10.1 Å². The van der Waals surface area contributed by atoms with Crippen molar-refractivity contribution in [2.45, 2.75) is 10.4 Å². The molecule has 0 aliphatic carbocycles. The zero-order valence-corrected chi connectivity index (χ0v) is 19.1. The summed E-state index contributed by atoms with van der Waals surface area (Å²) >= 11 is 3.14. The topological polar surface area (TPSA) is 102 Å². The van der Waals surface area contributed by atoms with E-state index in [1.807, 2.05) is 0 Å². The molecular weight excluding hydrogens is 501 g/mol. The number of hydrogen-bond acceptors (Lipinski definition) is 6. The summed E-state index contributed by atoms with van der Waals surface area (Å²) in [6.45, 7) is 0. The molecule has 1 amide bonds. The minimum absolute atomic E-state index is 0.0111. The molecule has 4 rings (SSSR count). The van der Waals surface area contributed by atoms with Gasteiger partial charge in [0.05, 0.1) is 4.47 Å². The number of aliphatic imine (C=N–C) groups is 1. The fourth-order valence-electron chi connectivity index (χ4n) is 3.44. The molecule has 0 saturated carbocycles. The fraction of sp³-hybridized carbons (Fsp3) is 0.0909. The number of benzene rings is 3. The van der Waals surface area contributed by atoms with Crippen molar-refractivity contribution in [2.24, 2.45) is 10.7 Å². The zero-order valence-electron chi connectivity index (χ0n) is 16.7. The van der Waals surface area contributed by atoms with Gasteiger partial charge in [-0.05, 0) is 63.5 Å². The summed E-state index contributed by atoms with van der Waals surface area (Å²) in [6, 6.07) is 17.8. The van der Waals surface area contributed by atoms with Gasteiger partial charge in [-0.25, -0.2) is 9.38 Å². The lowest BCUT2D eigenvalue weighted by atomic mass is 9.82. The normalized spacial score (nSPS) is 18.5. The Morgan fingerprint density at radius 2 is 1.72 bits per heavy atom. The molecular formula is C22H17BrFN3O4S. The van der Waals surface area contributed by atoms with E-state index in [2.05, 4.69) is 20.9 Å². The maximum absolute atomic E-state index is 13.9. The van der Waals surface area contributed by atoms with Crippen LogP contribution >= 0.6 is 15.9 Å². The lowest BCUT2D eigenvalue weighted by Crippen LogP contribution is -2.41. The molecule has 1 aliphatic rings. The number of rotatable bonds is 5. The highest BCUT2D eigenvalue weighted by Gasteiger charge is 2.50. The van der Waals surface area contributed by atoms with Gasteiger partial charge in [0.1, 0.15) is 16.5 Å². The number of halogens is 2. The van der Waals surface area contributed by atoms with Crippen molar-refractivity contribution in [2.75, 3.05) is 7.05 Å². The minimum Gasteiger partial charge on any atom is -0.379 e. The van der Waals surface area contributed by atoms with E-state index in [0.717, 1.165) is 0 Å². The molecule has 7 nitrogen and oxygen atoms in total. The number of likely N-dealkylation sites (N-methyl/N-ethyl adjacent to an activating group) is 1. The lowest BCUT2D eigenvalue weighted by Gasteiger charge is -2.26. The molecule has 0 fully saturated rings. The monoisotopic (exact) mass is 517 g/mol. The van der Waals surface area contributed by atoms with E-state index in [4.69, 9.17) is 9.92 Å². The highest BCUT2D eigenvalue weighted by atomic mass is 79.9. The van der Waals surface area contributed by atoms with Crippen LogP contribution < -0.4 is 9.92 Å². The Hall–Kier alpha value is -3.24. The summed E-state index contributed by atoms with van der Waals surface area (Å²) in [5.41, 5.74) is 4.98. The third-order valence-electron chi connectivity index (χ3n) is 5.07. The molecule has 1 aliphatic heterocycles. The smallest absolute Gasteiger partial charge is 0.339 e. The van der Waals surface area contributed by atoms with Crippen LogP contribution in [0.15, 0.2) is 87.2 Å². The molecule has 3 aromatic carbocycles. The van der Waals surface area contributed by atoms with Crippen LogP contribution in [0.2, 0.25) is 0 Å². The van der Waals surface area contributed by atoms with Crippen LogP contribution in [-0.2, 0) is 20.5 Å². The van der Waals surface area contributed by atoms with E-state index in [1.165, 1.54) is 54.4 Å². The van der Waals surface area contributed by atoms with Gasteiger partial charge in [-0.3, -0.25) is 9.69 Å². The molecule has 1 heterocycles. The second kappa shape index (κ2) is 8.03. The van der Waals surface area contributed by atoms with Gasteiger partial charge in [-0.1, -0.05) is 36.4 Å². The molecule has 0 aromatic heterocycles. The second-order valence-corrected chi connectivity index (χ2v) is 9.45. The minimum atomic E-state index is -4.10. The van der Waals surface area contributed by atoms with E-state index < -0.39 is 27.4 Å². The van der Waals surface area contributed by atoms with Gasteiger partial charge in [-0.2, -0.15) is 8.42 Å². The maximum atomic E-state index is 13.9. The van der Waals surface area contributed by atoms with Crippen LogP contribution in [0.4, 0.5) is 4.39 Å². The summed E-state index contributed by atoms with van der Waals surface area (Å²) in [7, 11) is -2.62. The van der Waals surface area contributed by atoms with Gasteiger partial charge in [0.25, 0.3) is 5.91 Å². The number of hydrogen-bond donors (Lipinski definition) is 1. The van der Waals surface area contributed by atoms with E-state index in [0.29, 0.717) is 11.1 Å². The van der Waals surface area contributed by atoms with Crippen LogP contribution in [0.5, 0.6) is 5.75 Å². The van der Waals surface area contributed by atoms with Gasteiger partial charge in [0.15, 0.2) is 11.5 Å². The Morgan fingerprint density at radius 3 is 2.34 bits per heavy atom. The van der Waals surface area contributed by atoms with E-state index >= 15 is 0 Å². The van der Waals surface area contributed by atoms with Crippen molar-refractivity contribution in [3.8, 4) is 5.75 Å². The fourth-order valence-corrected chi connectivity index (χ4v) is 4.76. The Balaban J connectivity index is 1.84. The molecule has 0 saturated heterocycles. The predicted octanol–water partition coefficient (Wildman–Crippen LogP) is 3.39. The first-order chi connectivity index (χ1) is 15.1. The van der Waals surface area contributed by atoms with Crippen molar-refractivity contribution in [1.29, 1.82) is 0 Å².